The van der Waals surface area contributed by atoms with Gasteiger partial charge in [-0.3, -0.25) is 0 Å². The molecule has 0 spiro atoms. The highest BCUT2D eigenvalue weighted by Gasteiger charge is 2.67. The second-order valence-corrected chi connectivity index (χ2v) is 11.7. The van der Waals surface area contributed by atoms with Crippen molar-refractivity contribution in [3.8, 4) is 0 Å². The third kappa shape index (κ3) is 4.12. The monoisotopic (exact) mass is 430 g/mol. The van der Waals surface area contributed by atoms with Crippen LogP contribution in [0.15, 0.2) is 24.3 Å². The molecule has 4 aliphatic rings. The fraction of sp³-hybridized carbons (Fsp3) is 0.871. The molecule has 6 unspecified atom stereocenters. The first-order valence-electron chi connectivity index (χ1n) is 13.4. The van der Waals surface area contributed by atoms with Crippen molar-refractivity contribution >= 4 is 0 Å². The Morgan fingerprint density at radius 1 is 0.839 bits per heavy atom. The van der Waals surface area contributed by atoms with Crippen molar-refractivity contribution in [1.29, 1.82) is 0 Å². The molecule has 0 radical (unpaired) electrons. The number of rotatable bonds is 2. The standard InChI is InChI=1S/C26H42.2C2H6.CH4/c1-8-19(3)20-9-10-21-24(20,5)13-12-22-25(21,6)16-15-23(4)17-18(2)11-14-26(22,23)7;2*1-2;/h20-22H,2-3,8-17H2,1,4-7H3;2*1-2H3;1H4/t20?,21?,22?,23-,24?,25?,26?;;;/m0.../s1. The lowest BCUT2D eigenvalue weighted by Crippen LogP contribution is -2.61. The molecule has 182 valence electrons. The molecule has 4 aliphatic carbocycles. The third-order valence-electron chi connectivity index (χ3n) is 10.8. The van der Waals surface area contributed by atoms with Gasteiger partial charge in [0.25, 0.3) is 0 Å². The first-order valence-corrected chi connectivity index (χ1v) is 13.4. The molecule has 0 N–H and O–H groups in total. The van der Waals surface area contributed by atoms with E-state index in [1.807, 2.05) is 27.7 Å². The number of hydrogen-bond acceptors (Lipinski definition) is 0. The summed E-state index contributed by atoms with van der Waals surface area (Å²) in [5, 5.41) is 0. The minimum absolute atomic E-state index is 0. The van der Waals surface area contributed by atoms with Gasteiger partial charge in [0.15, 0.2) is 0 Å². The zero-order valence-corrected chi connectivity index (χ0v) is 22.2. The Labute approximate surface area is 197 Å². The zero-order valence-electron chi connectivity index (χ0n) is 22.2. The smallest absolute Gasteiger partial charge is 0.0149 e. The Morgan fingerprint density at radius 2 is 1.45 bits per heavy atom. The summed E-state index contributed by atoms with van der Waals surface area (Å²) in [6.07, 6.45) is 13.7. The molecule has 0 saturated heterocycles. The lowest BCUT2D eigenvalue weighted by molar-refractivity contribution is -0.189. The lowest BCUT2D eigenvalue weighted by atomic mass is 9.36. The van der Waals surface area contributed by atoms with Gasteiger partial charge in [-0.05, 0) is 104 Å². The van der Waals surface area contributed by atoms with Crippen molar-refractivity contribution in [2.24, 2.45) is 39.4 Å². The van der Waals surface area contributed by atoms with Crippen LogP contribution in [-0.4, -0.2) is 0 Å². The van der Waals surface area contributed by atoms with Crippen molar-refractivity contribution in [2.75, 3.05) is 0 Å². The van der Waals surface area contributed by atoms with Gasteiger partial charge in [-0.1, -0.05) is 94.0 Å². The summed E-state index contributed by atoms with van der Waals surface area (Å²) < 4.78 is 0. The van der Waals surface area contributed by atoms with Crippen LogP contribution in [0.5, 0.6) is 0 Å². The van der Waals surface area contributed by atoms with Crippen LogP contribution in [0.25, 0.3) is 0 Å². The normalized spacial score (nSPS) is 45.3. The first kappa shape index (κ1) is 28.5. The van der Waals surface area contributed by atoms with Crippen LogP contribution in [0.4, 0.5) is 0 Å². The molecular weight excluding hydrogens is 372 g/mol. The fourth-order valence-electron chi connectivity index (χ4n) is 9.10. The molecule has 0 heterocycles. The van der Waals surface area contributed by atoms with E-state index in [1.54, 1.807) is 0 Å². The van der Waals surface area contributed by atoms with Gasteiger partial charge >= 0.3 is 0 Å². The molecule has 0 heteroatoms. The van der Waals surface area contributed by atoms with E-state index < -0.39 is 0 Å². The van der Waals surface area contributed by atoms with Crippen LogP contribution in [0.2, 0.25) is 0 Å². The van der Waals surface area contributed by atoms with Crippen LogP contribution in [0, 0.1) is 39.4 Å². The Balaban J connectivity index is 0.000000910. The van der Waals surface area contributed by atoms with Crippen molar-refractivity contribution in [3.05, 3.63) is 24.3 Å². The van der Waals surface area contributed by atoms with Gasteiger partial charge in [-0.2, -0.15) is 0 Å². The van der Waals surface area contributed by atoms with Gasteiger partial charge in [0.1, 0.15) is 0 Å². The topological polar surface area (TPSA) is 0 Å². The Hall–Kier alpha value is -0.520. The Bertz CT molecular complexity index is 628. The van der Waals surface area contributed by atoms with Gasteiger partial charge in [0.05, 0.1) is 0 Å². The number of allylic oxidation sites excluding steroid dienone is 2. The van der Waals surface area contributed by atoms with E-state index in [0.717, 1.165) is 17.8 Å². The summed E-state index contributed by atoms with van der Waals surface area (Å²) in [6, 6.07) is 0. The SMILES string of the molecule is C.C=C1CCC2(C)C3CCC4(C)C(C(=C)CC)CCC4C3(C)CC[C@@]2(C)C1.CC.CC. The predicted molar refractivity (Wildman–Crippen MR) is 142 cm³/mol. The summed E-state index contributed by atoms with van der Waals surface area (Å²) in [5.41, 5.74) is 5.13. The Kier molecular flexibility index (Phi) is 9.36. The second kappa shape index (κ2) is 10.2. The molecule has 0 amide bonds. The molecule has 0 nitrogen and oxygen atoms in total. The fourth-order valence-corrected chi connectivity index (χ4v) is 9.10. The van der Waals surface area contributed by atoms with Crippen LogP contribution in [0.3, 0.4) is 0 Å². The number of hydrogen-bond donors (Lipinski definition) is 0. The van der Waals surface area contributed by atoms with Crippen molar-refractivity contribution in [2.45, 2.75) is 134 Å². The van der Waals surface area contributed by atoms with Crippen molar-refractivity contribution < 1.29 is 0 Å². The largest absolute Gasteiger partial charge is 0.0998 e. The maximum absolute atomic E-state index is 4.51. The summed E-state index contributed by atoms with van der Waals surface area (Å²) >= 11 is 0. The molecule has 0 aromatic heterocycles. The van der Waals surface area contributed by atoms with Crippen LogP contribution in [-0.2, 0) is 0 Å². The van der Waals surface area contributed by atoms with E-state index in [2.05, 4.69) is 47.8 Å². The van der Waals surface area contributed by atoms with Gasteiger partial charge in [-0.25, -0.2) is 0 Å². The first-order chi connectivity index (χ1) is 14.1. The van der Waals surface area contributed by atoms with Gasteiger partial charge in [0.2, 0.25) is 0 Å². The molecular formula is C31H58. The van der Waals surface area contributed by atoms with E-state index in [4.69, 9.17) is 0 Å². The lowest BCUT2D eigenvalue weighted by Gasteiger charge is -2.69. The summed E-state index contributed by atoms with van der Waals surface area (Å²) in [6.45, 7) is 29.9. The van der Waals surface area contributed by atoms with Crippen LogP contribution >= 0.6 is 0 Å². The average Bonchev–Trinajstić information content (AvgIpc) is 3.10. The molecule has 4 fully saturated rings. The Morgan fingerprint density at radius 3 is 2.03 bits per heavy atom. The minimum atomic E-state index is 0. The molecule has 4 rings (SSSR count). The average molecular weight is 431 g/mol. The van der Waals surface area contributed by atoms with Crippen LogP contribution < -0.4 is 0 Å². The summed E-state index contributed by atoms with van der Waals surface area (Å²) in [4.78, 5) is 0. The van der Waals surface area contributed by atoms with E-state index >= 15 is 0 Å². The highest BCUT2D eigenvalue weighted by atomic mass is 14.7. The zero-order chi connectivity index (χ0) is 23.0. The highest BCUT2D eigenvalue weighted by molar-refractivity contribution is 5.22. The summed E-state index contributed by atoms with van der Waals surface area (Å²) in [7, 11) is 0. The van der Waals surface area contributed by atoms with Gasteiger partial charge in [0, 0.05) is 0 Å². The van der Waals surface area contributed by atoms with E-state index in [-0.39, 0.29) is 7.43 Å². The van der Waals surface area contributed by atoms with E-state index in [1.165, 1.54) is 75.4 Å². The van der Waals surface area contributed by atoms with E-state index in [9.17, 15) is 0 Å². The molecule has 0 aromatic rings. The highest BCUT2D eigenvalue weighted by Crippen LogP contribution is 2.75. The quantitative estimate of drug-likeness (QED) is 0.382. The minimum Gasteiger partial charge on any atom is -0.0998 e. The second-order valence-electron chi connectivity index (χ2n) is 11.7. The van der Waals surface area contributed by atoms with Gasteiger partial charge < -0.3 is 0 Å². The molecule has 0 aromatic carbocycles. The third-order valence-corrected chi connectivity index (χ3v) is 10.8. The van der Waals surface area contributed by atoms with E-state index in [0.29, 0.717) is 21.7 Å². The summed E-state index contributed by atoms with van der Waals surface area (Å²) in [5.74, 6) is 2.60. The molecule has 31 heavy (non-hydrogen) atoms. The molecule has 7 atom stereocenters. The molecule has 0 aliphatic heterocycles. The predicted octanol–water partition coefficient (Wildman–Crippen LogP) is 10.6. The van der Waals surface area contributed by atoms with Crippen molar-refractivity contribution in [1.82, 2.24) is 0 Å². The van der Waals surface area contributed by atoms with Crippen LogP contribution in [0.1, 0.15) is 134 Å². The van der Waals surface area contributed by atoms with Gasteiger partial charge in [-0.15, -0.1) is 0 Å². The number of fused-ring (bicyclic) bond motifs is 5. The molecule has 4 saturated carbocycles. The van der Waals surface area contributed by atoms with Crippen molar-refractivity contribution in [3.63, 3.8) is 0 Å². The maximum atomic E-state index is 4.51. The maximum Gasteiger partial charge on any atom is -0.0149 e. The molecule has 0 bridgehead atoms.